The lowest BCUT2D eigenvalue weighted by Crippen LogP contribution is -2.75. The van der Waals surface area contributed by atoms with Crippen molar-refractivity contribution >= 4 is 47.0 Å². The van der Waals surface area contributed by atoms with Gasteiger partial charge in [-0.05, 0) is 62.4 Å². The number of amides is 2. The molecule has 0 radical (unpaired) electrons. The molecule has 170 valence electrons. The molecule has 0 aliphatic rings. The normalized spacial score (nSPS) is 14.3. The van der Waals surface area contributed by atoms with Gasteiger partial charge in [0.15, 0.2) is 11.1 Å². The molecule has 0 aromatic heterocycles. The van der Waals surface area contributed by atoms with E-state index in [0.29, 0.717) is 10.0 Å². The standard InChI is InChI=1S/C22H22Cl2N2O6/c1-21(19(29)31-3,25-17(27)13-5-9-15(23)10-6-13)22(2,20(30)32-4)26-18(28)14-7-11-16(24)12-8-14/h5-12H,1-4H3,(H,25,27)(H,26,28)/t21-,22+. The van der Waals surface area contributed by atoms with Gasteiger partial charge in [-0.25, -0.2) is 9.59 Å². The molecule has 2 aromatic carbocycles. The van der Waals surface area contributed by atoms with Crippen molar-refractivity contribution in [3.63, 3.8) is 0 Å². The van der Waals surface area contributed by atoms with Crippen LogP contribution in [0.1, 0.15) is 34.6 Å². The summed E-state index contributed by atoms with van der Waals surface area (Å²) < 4.78 is 9.73. The highest BCUT2D eigenvalue weighted by Crippen LogP contribution is 2.27. The maximum Gasteiger partial charge on any atom is 0.334 e. The van der Waals surface area contributed by atoms with Crippen molar-refractivity contribution in [2.24, 2.45) is 0 Å². The van der Waals surface area contributed by atoms with Crippen LogP contribution < -0.4 is 10.6 Å². The smallest absolute Gasteiger partial charge is 0.334 e. The van der Waals surface area contributed by atoms with Crippen LogP contribution in [0.15, 0.2) is 48.5 Å². The van der Waals surface area contributed by atoms with E-state index in [-0.39, 0.29) is 11.1 Å². The van der Waals surface area contributed by atoms with Crippen LogP contribution in [0.4, 0.5) is 0 Å². The average molecular weight is 481 g/mol. The van der Waals surface area contributed by atoms with Crippen LogP contribution in [0.25, 0.3) is 0 Å². The number of nitrogens with one attached hydrogen (secondary N) is 2. The molecule has 0 aliphatic carbocycles. The summed E-state index contributed by atoms with van der Waals surface area (Å²) >= 11 is 11.7. The Bertz CT molecular complexity index is 942. The lowest BCUT2D eigenvalue weighted by atomic mass is 9.78. The quantitative estimate of drug-likeness (QED) is 0.589. The van der Waals surface area contributed by atoms with Gasteiger partial charge in [-0.2, -0.15) is 0 Å². The molecular weight excluding hydrogens is 459 g/mol. The molecule has 2 N–H and O–H groups in total. The van der Waals surface area contributed by atoms with Crippen molar-refractivity contribution in [3.05, 3.63) is 69.7 Å². The third-order valence-electron chi connectivity index (χ3n) is 5.13. The van der Waals surface area contributed by atoms with Crippen molar-refractivity contribution in [1.82, 2.24) is 10.6 Å². The topological polar surface area (TPSA) is 111 Å². The van der Waals surface area contributed by atoms with Gasteiger partial charge in [0.05, 0.1) is 14.2 Å². The first-order chi connectivity index (χ1) is 15.0. The molecule has 2 atom stereocenters. The molecule has 2 amide bonds. The van der Waals surface area contributed by atoms with Gasteiger partial charge in [0.25, 0.3) is 11.8 Å². The minimum atomic E-state index is -2.06. The SMILES string of the molecule is COC(=O)[C@](C)(NC(=O)c1ccc(Cl)cc1)[C@](C)(NC(=O)c1ccc(Cl)cc1)C(=O)OC. The Hall–Kier alpha value is -3.10. The average Bonchev–Trinajstić information content (AvgIpc) is 2.78. The molecular formula is C22H22Cl2N2O6. The lowest BCUT2D eigenvalue weighted by molar-refractivity contribution is -0.162. The fourth-order valence-electron chi connectivity index (χ4n) is 2.97. The van der Waals surface area contributed by atoms with Crippen LogP contribution in [-0.2, 0) is 19.1 Å². The van der Waals surface area contributed by atoms with Crippen molar-refractivity contribution in [2.75, 3.05) is 14.2 Å². The predicted molar refractivity (Wildman–Crippen MR) is 119 cm³/mol. The highest BCUT2D eigenvalue weighted by atomic mass is 35.5. The van der Waals surface area contributed by atoms with E-state index in [2.05, 4.69) is 10.6 Å². The number of ether oxygens (including phenoxy) is 2. The summed E-state index contributed by atoms with van der Waals surface area (Å²) in [6, 6.07) is 11.7. The monoisotopic (exact) mass is 480 g/mol. The molecule has 0 heterocycles. The van der Waals surface area contributed by atoms with Gasteiger partial charge in [0, 0.05) is 21.2 Å². The zero-order valence-electron chi connectivity index (χ0n) is 17.8. The highest BCUT2D eigenvalue weighted by molar-refractivity contribution is 6.31. The molecule has 2 rings (SSSR count). The maximum absolute atomic E-state index is 12.9. The van der Waals surface area contributed by atoms with Gasteiger partial charge in [-0.3, -0.25) is 9.59 Å². The molecule has 0 spiro atoms. The van der Waals surface area contributed by atoms with Crippen LogP contribution in [0, 0.1) is 0 Å². The summed E-state index contributed by atoms with van der Waals surface area (Å²) in [4.78, 5) is 51.5. The van der Waals surface area contributed by atoms with Gasteiger partial charge >= 0.3 is 11.9 Å². The molecule has 10 heteroatoms. The van der Waals surface area contributed by atoms with E-state index >= 15 is 0 Å². The zero-order valence-corrected chi connectivity index (χ0v) is 19.3. The second-order valence-electron chi connectivity index (χ2n) is 7.16. The van der Waals surface area contributed by atoms with E-state index in [1.807, 2.05) is 0 Å². The molecule has 0 unspecified atom stereocenters. The number of hydrogen-bond donors (Lipinski definition) is 2. The number of carbonyl (C=O) groups excluding carboxylic acids is 4. The Balaban J connectivity index is 2.51. The Labute approximate surface area is 195 Å². The molecule has 8 nitrogen and oxygen atoms in total. The van der Waals surface area contributed by atoms with Crippen molar-refractivity contribution in [3.8, 4) is 0 Å². The summed E-state index contributed by atoms with van der Waals surface area (Å²) in [6.45, 7) is 2.51. The van der Waals surface area contributed by atoms with E-state index in [9.17, 15) is 19.2 Å². The van der Waals surface area contributed by atoms with Gasteiger partial charge in [-0.15, -0.1) is 0 Å². The van der Waals surface area contributed by atoms with Gasteiger partial charge < -0.3 is 20.1 Å². The third kappa shape index (κ3) is 5.03. The summed E-state index contributed by atoms with van der Waals surface area (Å²) in [5.41, 5.74) is -3.79. The number of rotatable bonds is 7. The Morgan fingerprint density at radius 1 is 0.656 bits per heavy atom. The number of hydrogen-bond acceptors (Lipinski definition) is 6. The van der Waals surface area contributed by atoms with Crippen LogP contribution in [-0.4, -0.2) is 49.1 Å². The lowest BCUT2D eigenvalue weighted by Gasteiger charge is -2.42. The van der Waals surface area contributed by atoms with E-state index in [1.54, 1.807) is 0 Å². The van der Waals surface area contributed by atoms with E-state index in [4.69, 9.17) is 32.7 Å². The first kappa shape index (κ1) is 25.2. The first-order valence-corrected chi connectivity index (χ1v) is 10.1. The van der Waals surface area contributed by atoms with Crippen LogP contribution in [0.2, 0.25) is 10.0 Å². The van der Waals surface area contributed by atoms with Crippen molar-refractivity contribution in [1.29, 1.82) is 0 Å². The first-order valence-electron chi connectivity index (χ1n) is 9.31. The minimum absolute atomic E-state index is 0.167. The van der Waals surface area contributed by atoms with Crippen LogP contribution in [0.3, 0.4) is 0 Å². The van der Waals surface area contributed by atoms with Crippen LogP contribution in [0.5, 0.6) is 0 Å². The molecule has 0 bridgehead atoms. The fraction of sp³-hybridized carbons (Fsp3) is 0.273. The Kier molecular flexibility index (Phi) is 7.87. The van der Waals surface area contributed by atoms with Crippen molar-refractivity contribution in [2.45, 2.75) is 24.9 Å². The van der Waals surface area contributed by atoms with Gasteiger partial charge in [0.1, 0.15) is 0 Å². The number of methoxy groups -OCH3 is 2. The largest absolute Gasteiger partial charge is 0.467 e. The Morgan fingerprint density at radius 2 is 0.938 bits per heavy atom. The predicted octanol–water partition coefficient (Wildman–Crippen LogP) is 3.02. The zero-order chi connectivity index (χ0) is 24.1. The number of esters is 2. The molecule has 0 fully saturated rings. The highest BCUT2D eigenvalue weighted by Gasteiger charge is 2.59. The minimum Gasteiger partial charge on any atom is -0.467 e. The number of benzene rings is 2. The summed E-state index contributed by atoms with van der Waals surface area (Å²) in [5, 5.41) is 5.84. The molecule has 0 saturated carbocycles. The fourth-order valence-corrected chi connectivity index (χ4v) is 3.22. The van der Waals surface area contributed by atoms with E-state index in [0.717, 1.165) is 14.2 Å². The van der Waals surface area contributed by atoms with Crippen LogP contribution >= 0.6 is 23.2 Å². The molecule has 32 heavy (non-hydrogen) atoms. The number of carbonyl (C=O) groups is 4. The van der Waals surface area contributed by atoms with E-state index < -0.39 is 34.8 Å². The summed E-state index contributed by atoms with van der Waals surface area (Å²) in [6.07, 6.45) is 0. The van der Waals surface area contributed by atoms with E-state index in [1.165, 1.54) is 62.4 Å². The second-order valence-corrected chi connectivity index (χ2v) is 8.03. The van der Waals surface area contributed by atoms with Crippen molar-refractivity contribution < 1.29 is 28.7 Å². The molecule has 2 aromatic rings. The Morgan fingerprint density at radius 3 is 1.19 bits per heavy atom. The molecule has 0 saturated heterocycles. The summed E-state index contributed by atoms with van der Waals surface area (Å²) in [7, 11) is 2.18. The third-order valence-corrected chi connectivity index (χ3v) is 5.63. The second kappa shape index (κ2) is 10.0. The summed E-state index contributed by atoms with van der Waals surface area (Å²) in [5.74, 6) is -3.37. The number of halogens is 2. The van der Waals surface area contributed by atoms with Gasteiger partial charge in [-0.1, -0.05) is 23.2 Å². The van der Waals surface area contributed by atoms with Gasteiger partial charge in [0.2, 0.25) is 0 Å². The molecule has 0 aliphatic heterocycles. The maximum atomic E-state index is 12.9.